The Morgan fingerprint density at radius 3 is 3.00 bits per heavy atom. The van der Waals surface area contributed by atoms with E-state index >= 15 is 0 Å². The fourth-order valence-corrected chi connectivity index (χ4v) is 2.00. The first kappa shape index (κ1) is 11.8. The maximum atomic E-state index is 10.9. The molecule has 1 aliphatic heterocycles. The Hall–Kier alpha value is -1.69. The molecule has 0 spiro atoms. The van der Waals surface area contributed by atoms with Gasteiger partial charge in [-0.3, -0.25) is 9.48 Å². The molecular formula is C11H14N2O4. The van der Waals surface area contributed by atoms with Crippen LogP contribution in [0.2, 0.25) is 0 Å². The average Bonchev–Trinajstić information content (AvgIpc) is 2.57. The Balaban J connectivity index is 2.25. The van der Waals surface area contributed by atoms with E-state index in [2.05, 4.69) is 5.10 Å². The van der Waals surface area contributed by atoms with Gasteiger partial charge in [0.15, 0.2) is 12.0 Å². The first-order chi connectivity index (χ1) is 8.22. The fraction of sp³-hybridized carbons (Fsp3) is 0.545. The van der Waals surface area contributed by atoms with E-state index in [0.29, 0.717) is 12.9 Å². The van der Waals surface area contributed by atoms with Gasteiger partial charge in [0, 0.05) is 19.4 Å². The Bertz CT molecular complexity index is 419. The molecule has 2 heterocycles. The van der Waals surface area contributed by atoms with Crippen LogP contribution in [0.3, 0.4) is 0 Å². The lowest BCUT2D eigenvalue weighted by Crippen LogP contribution is -2.11. The van der Waals surface area contributed by atoms with Crippen molar-refractivity contribution in [2.24, 2.45) is 0 Å². The highest BCUT2D eigenvalue weighted by atomic mass is 16.5. The summed E-state index contributed by atoms with van der Waals surface area (Å²) < 4.78 is 6.92. The minimum atomic E-state index is -1.17. The highest BCUT2D eigenvalue weighted by Gasteiger charge is 2.20. The lowest BCUT2D eigenvalue weighted by molar-refractivity contribution is 0.0686. The Morgan fingerprint density at radius 1 is 1.53 bits per heavy atom. The summed E-state index contributed by atoms with van der Waals surface area (Å²) in [5.41, 5.74) is -0.0483. The Kier molecular flexibility index (Phi) is 3.53. The third-order valence-corrected chi connectivity index (χ3v) is 2.89. The smallest absolute Gasteiger partial charge is 0.357 e. The molecule has 0 bridgehead atoms. The van der Waals surface area contributed by atoms with Crippen LogP contribution in [0.15, 0.2) is 6.20 Å². The van der Waals surface area contributed by atoms with E-state index in [1.807, 2.05) is 0 Å². The maximum Gasteiger partial charge on any atom is 0.357 e. The van der Waals surface area contributed by atoms with Crippen LogP contribution >= 0.6 is 0 Å². The van der Waals surface area contributed by atoms with E-state index in [-0.39, 0.29) is 17.3 Å². The number of aromatic nitrogens is 2. The van der Waals surface area contributed by atoms with Gasteiger partial charge in [-0.05, 0) is 19.3 Å². The van der Waals surface area contributed by atoms with Gasteiger partial charge in [-0.25, -0.2) is 4.79 Å². The highest BCUT2D eigenvalue weighted by Crippen LogP contribution is 2.21. The van der Waals surface area contributed by atoms with E-state index in [1.165, 1.54) is 6.20 Å². The van der Waals surface area contributed by atoms with Gasteiger partial charge >= 0.3 is 5.97 Å². The molecule has 17 heavy (non-hydrogen) atoms. The van der Waals surface area contributed by atoms with Crippen molar-refractivity contribution in [2.75, 3.05) is 13.2 Å². The molecule has 6 heteroatoms. The predicted molar refractivity (Wildman–Crippen MR) is 58.3 cm³/mol. The van der Waals surface area contributed by atoms with Gasteiger partial charge < -0.3 is 9.84 Å². The zero-order chi connectivity index (χ0) is 12.3. The minimum Gasteiger partial charge on any atom is -0.476 e. The van der Waals surface area contributed by atoms with Gasteiger partial charge in [0.25, 0.3) is 0 Å². The molecule has 1 aromatic heterocycles. The number of carbonyl (C=O) groups is 2. The van der Waals surface area contributed by atoms with Crippen LogP contribution < -0.4 is 0 Å². The molecule has 92 valence electrons. The number of carboxylic acid groups (broad SMARTS) is 1. The standard InChI is InChI=1S/C11H14N2O4/c14-7-8-6-13(12-10(8)11(15)16)9-2-1-4-17-5-3-9/h6-7,9H,1-5H2,(H,15,16). The van der Waals surface area contributed by atoms with Crippen molar-refractivity contribution in [1.82, 2.24) is 9.78 Å². The fourth-order valence-electron chi connectivity index (χ4n) is 2.00. The number of rotatable bonds is 3. The van der Waals surface area contributed by atoms with Gasteiger partial charge in [-0.15, -0.1) is 0 Å². The molecule has 0 radical (unpaired) electrons. The first-order valence-electron chi connectivity index (χ1n) is 5.57. The van der Waals surface area contributed by atoms with Crippen molar-refractivity contribution in [1.29, 1.82) is 0 Å². The van der Waals surface area contributed by atoms with Crippen LogP contribution in [0.5, 0.6) is 0 Å². The zero-order valence-electron chi connectivity index (χ0n) is 9.33. The third kappa shape index (κ3) is 2.52. The van der Waals surface area contributed by atoms with Crippen molar-refractivity contribution < 1.29 is 19.4 Å². The molecule has 1 N–H and O–H groups in total. The van der Waals surface area contributed by atoms with Gasteiger partial charge in [0.1, 0.15) is 0 Å². The van der Waals surface area contributed by atoms with Crippen LogP contribution in [0.25, 0.3) is 0 Å². The maximum absolute atomic E-state index is 10.9. The lowest BCUT2D eigenvalue weighted by atomic mass is 10.1. The first-order valence-corrected chi connectivity index (χ1v) is 5.57. The average molecular weight is 238 g/mol. The van der Waals surface area contributed by atoms with Gasteiger partial charge in [0.2, 0.25) is 0 Å². The van der Waals surface area contributed by atoms with Crippen LogP contribution in [0.4, 0.5) is 0 Å². The van der Waals surface area contributed by atoms with E-state index < -0.39 is 5.97 Å². The number of carboxylic acids is 1. The third-order valence-electron chi connectivity index (χ3n) is 2.89. The molecule has 1 aliphatic rings. The molecule has 2 rings (SSSR count). The van der Waals surface area contributed by atoms with Crippen molar-refractivity contribution in [3.63, 3.8) is 0 Å². The van der Waals surface area contributed by atoms with Gasteiger partial charge in [-0.1, -0.05) is 0 Å². The second-order valence-corrected chi connectivity index (χ2v) is 4.03. The Morgan fingerprint density at radius 2 is 2.35 bits per heavy atom. The molecule has 0 aliphatic carbocycles. The topological polar surface area (TPSA) is 81.4 Å². The second-order valence-electron chi connectivity index (χ2n) is 4.03. The summed E-state index contributed by atoms with van der Waals surface area (Å²) in [5.74, 6) is -1.17. The summed E-state index contributed by atoms with van der Waals surface area (Å²) in [5, 5.41) is 12.9. The summed E-state index contributed by atoms with van der Waals surface area (Å²) in [6.07, 6.45) is 4.63. The second kappa shape index (κ2) is 5.09. The molecule has 1 aromatic rings. The van der Waals surface area contributed by atoms with E-state index in [0.717, 1.165) is 25.9 Å². The monoisotopic (exact) mass is 238 g/mol. The molecule has 1 atom stereocenters. The normalized spacial score (nSPS) is 20.8. The minimum absolute atomic E-state index is 0.115. The van der Waals surface area contributed by atoms with Crippen LogP contribution in [-0.4, -0.2) is 40.4 Å². The highest BCUT2D eigenvalue weighted by molar-refractivity contribution is 5.95. The van der Waals surface area contributed by atoms with E-state index in [4.69, 9.17) is 9.84 Å². The number of aromatic carboxylic acids is 1. The van der Waals surface area contributed by atoms with E-state index in [1.54, 1.807) is 4.68 Å². The van der Waals surface area contributed by atoms with Crippen LogP contribution in [0, 0.1) is 0 Å². The molecular weight excluding hydrogens is 224 g/mol. The molecule has 1 unspecified atom stereocenters. The number of carbonyl (C=O) groups excluding carboxylic acids is 1. The van der Waals surface area contributed by atoms with Gasteiger partial charge in [0.05, 0.1) is 11.6 Å². The van der Waals surface area contributed by atoms with Crippen LogP contribution in [-0.2, 0) is 4.74 Å². The van der Waals surface area contributed by atoms with Gasteiger partial charge in [-0.2, -0.15) is 5.10 Å². The number of ether oxygens (including phenoxy) is 1. The van der Waals surface area contributed by atoms with Crippen molar-refractivity contribution in [3.05, 3.63) is 17.5 Å². The number of nitrogens with zero attached hydrogens (tertiary/aromatic N) is 2. The van der Waals surface area contributed by atoms with Crippen molar-refractivity contribution in [3.8, 4) is 0 Å². The SMILES string of the molecule is O=Cc1cn(C2CCCOCC2)nc1C(=O)O. The molecule has 0 saturated carbocycles. The molecule has 1 saturated heterocycles. The summed E-state index contributed by atoms with van der Waals surface area (Å²) in [6.45, 7) is 1.37. The lowest BCUT2D eigenvalue weighted by Gasteiger charge is -2.13. The molecule has 0 amide bonds. The molecule has 0 aromatic carbocycles. The summed E-state index contributed by atoms with van der Waals surface area (Å²) in [4.78, 5) is 21.6. The summed E-state index contributed by atoms with van der Waals surface area (Å²) in [7, 11) is 0. The summed E-state index contributed by atoms with van der Waals surface area (Å²) in [6, 6.07) is 0.115. The molecule has 6 nitrogen and oxygen atoms in total. The quantitative estimate of drug-likeness (QED) is 0.798. The van der Waals surface area contributed by atoms with Crippen molar-refractivity contribution in [2.45, 2.75) is 25.3 Å². The largest absolute Gasteiger partial charge is 0.476 e. The Labute approximate surface area is 98.2 Å². The zero-order valence-corrected chi connectivity index (χ0v) is 9.33. The van der Waals surface area contributed by atoms with E-state index in [9.17, 15) is 9.59 Å². The molecule has 1 fully saturated rings. The predicted octanol–water partition coefficient (Wildman–Crippen LogP) is 1.14. The van der Waals surface area contributed by atoms with Crippen molar-refractivity contribution >= 4 is 12.3 Å². The summed E-state index contributed by atoms with van der Waals surface area (Å²) >= 11 is 0. The number of hydrogen-bond acceptors (Lipinski definition) is 4. The number of hydrogen-bond donors (Lipinski definition) is 1. The van der Waals surface area contributed by atoms with Crippen LogP contribution in [0.1, 0.15) is 46.2 Å². The number of aldehydes is 1.